The maximum Gasteiger partial charge on any atom is 0.364 e. The first-order chi connectivity index (χ1) is 43.9. The fourth-order valence-corrected chi connectivity index (χ4v) is 16.6. The number of rotatable bonds is 18. The molecule has 0 atom stereocenters. The van der Waals surface area contributed by atoms with E-state index < -0.39 is 58.8 Å². The summed E-state index contributed by atoms with van der Waals surface area (Å²) in [6, 6.07) is 77.5. The lowest BCUT2D eigenvalue weighted by atomic mass is 10.2. The Balaban J connectivity index is 0.000000173. The van der Waals surface area contributed by atoms with Crippen LogP contribution in [0.4, 0.5) is 22.7 Å². The molecule has 0 bridgehead atoms. The Hall–Kier alpha value is -10.7. The molecule has 1 aliphatic rings. The summed E-state index contributed by atoms with van der Waals surface area (Å²) in [5.74, 6) is -2.25. The normalized spacial score (nSPS) is 12.1. The van der Waals surface area contributed by atoms with Gasteiger partial charge in [0, 0.05) is 50.7 Å². The van der Waals surface area contributed by atoms with E-state index in [-0.39, 0.29) is 28.2 Å². The minimum atomic E-state index is -3.74. The Morgan fingerprint density at radius 1 is 0.516 bits per heavy atom. The molecule has 1 saturated heterocycles. The van der Waals surface area contributed by atoms with Crippen molar-refractivity contribution in [3.63, 3.8) is 0 Å². The zero-order chi connectivity index (χ0) is 64.4. The number of amides is 3. The Labute approximate surface area is 527 Å². The topological polar surface area (TPSA) is 276 Å². The van der Waals surface area contributed by atoms with Gasteiger partial charge in [-0.1, -0.05) is 216 Å². The number of imide groups is 1. The molecule has 3 N–H and O–H groups in total. The Bertz CT molecular complexity index is 4480. The first-order valence-corrected chi connectivity index (χ1v) is 34.0. The van der Waals surface area contributed by atoms with E-state index in [4.69, 9.17) is 10.4 Å². The van der Waals surface area contributed by atoms with Gasteiger partial charge >= 0.3 is 5.97 Å². The van der Waals surface area contributed by atoms with Crippen LogP contribution in [0.15, 0.2) is 292 Å². The molecule has 23 heteroatoms. The largest absolute Gasteiger partial charge is 0.364 e. The van der Waals surface area contributed by atoms with Crippen LogP contribution in [0, 0.1) is 13.8 Å². The molecule has 0 aromatic heterocycles. The van der Waals surface area contributed by atoms with Gasteiger partial charge < -0.3 is 9.40 Å². The molecule has 1 fully saturated rings. The highest BCUT2D eigenvalue weighted by atomic mass is 32.2. The average Bonchev–Trinajstić information content (AvgIpc) is 1.10. The van der Waals surface area contributed by atoms with E-state index in [1.54, 1.807) is 133 Å². The minimum absolute atomic E-state index is 0.0640. The summed E-state index contributed by atoms with van der Waals surface area (Å²) >= 11 is 0. The minimum Gasteiger partial charge on any atom is -0.325 e. The van der Waals surface area contributed by atoms with E-state index in [1.807, 2.05) is 123 Å². The molecule has 0 saturated carbocycles. The van der Waals surface area contributed by atoms with Crippen LogP contribution in [-0.4, -0.2) is 45.6 Å². The van der Waals surface area contributed by atoms with Crippen LogP contribution in [0.2, 0.25) is 0 Å². The maximum absolute atomic E-state index is 14.8. The Morgan fingerprint density at radius 3 is 1.38 bits per heavy atom. The highest BCUT2D eigenvalue weighted by Gasteiger charge is 2.35. The van der Waals surface area contributed by atoms with E-state index in [9.17, 15) is 40.6 Å². The van der Waals surface area contributed by atoms with Gasteiger partial charge in [-0.2, -0.15) is 0 Å². The molecule has 10 aromatic carbocycles. The average molecular weight is 1290 g/mol. The van der Waals surface area contributed by atoms with Crippen molar-refractivity contribution in [3.05, 3.63) is 300 Å². The molecule has 0 aliphatic carbocycles. The summed E-state index contributed by atoms with van der Waals surface area (Å²) in [5.41, 5.74) is 14.8. The number of nitrogens with one attached hydrogen (secondary N) is 3. The SMILES string of the molecule is Cc1ccc(S(=O)(=O)Nc2ccc(N=NNC(=O)c3ccccc3P(=O)(c3ccccc3)c3ccccc3)cc2)cc1.Cc1ccc(S(=O)(=O)Nc2ccc(N=[N+]=[N-])cc2)cc1.O=C(ON1C(=O)CCC1=O)c1ccccc1P(c1ccccc1)c1ccccc1. The second-order valence-corrected chi connectivity index (χ2v) is 28.3. The van der Waals surface area contributed by atoms with E-state index in [1.165, 1.54) is 24.3 Å². The summed E-state index contributed by atoms with van der Waals surface area (Å²) in [6.45, 7) is 3.77. The fraction of sp³-hybridized carbons (Fsp3) is 0.0588. The van der Waals surface area contributed by atoms with Crippen molar-refractivity contribution in [3.8, 4) is 0 Å². The number of hydrogen-bond acceptors (Lipinski definition) is 13. The molecule has 3 amide bonds. The third-order valence-corrected chi connectivity index (χ3v) is 22.1. The molecule has 10 aromatic rings. The number of nitrogens with zero attached hydrogens (tertiary/aromatic N) is 6. The summed E-state index contributed by atoms with van der Waals surface area (Å²) < 4.78 is 69.3. The van der Waals surface area contributed by atoms with Gasteiger partial charge in [-0.25, -0.2) is 27.1 Å². The van der Waals surface area contributed by atoms with Gasteiger partial charge in [0.05, 0.1) is 26.6 Å². The van der Waals surface area contributed by atoms with Crippen LogP contribution in [0.3, 0.4) is 0 Å². The van der Waals surface area contributed by atoms with Crippen LogP contribution < -0.4 is 46.7 Å². The number of sulfonamides is 2. The first-order valence-electron chi connectivity index (χ1n) is 28.0. The number of carbonyl (C=O) groups excluding carboxylic acids is 4. The lowest BCUT2D eigenvalue weighted by Crippen LogP contribution is -2.34. The van der Waals surface area contributed by atoms with Crippen molar-refractivity contribution < 1.29 is 45.4 Å². The molecule has 11 rings (SSSR count). The smallest absolute Gasteiger partial charge is 0.325 e. The van der Waals surface area contributed by atoms with Crippen molar-refractivity contribution in [2.45, 2.75) is 36.5 Å². The summed E-state index contributed by atoms with van der Waals surface area (Å²) in [4.78, 5) is 58.1. The summed E-state index contributed by atoms with van der Waals surface area (Å²) in [5, 5.41) is 16.5. The zero-order valence-electron chi connectivity index (χ0n) is 48.8. The standard InChI is InChI=1S/C32H27N4O4PS.C23H18NO4P.C13H12N4O2S/c1-24-16-22-29(23-17-24)42(39,40)35-26-20-18-25(19-21-26)33-36-34-32(37)30-14-8-9-15-31(30)41(38,27-10-4-2-5-11-27)28-12-6-3-7-13-28;25-21-15-16-22(26)24(21)28-23(27)19-13-7-8-14-20(19)29(17-9-3-1-4-10-17)18-11-5-2-6-12-18;1-10-2-8-13(9-3-10)20(18,19)16-12-6-4-11(5-7-12)15-17-14/h2-23,35H,1H3,(H,33,34,37);1-14H,15-16H2;2-9,16H,1H3. The molecule has 1 heterocycles. The van der Waals surface area contributed by atoms with E-state index in [2.05, 4.69) is 35.2 Å². The molecule has 0 spiro atoms. The van der Waals surface area contributed by atoms with Crippen molar-refractivity contribution in [1.29, 1.82) is 0 Å². The van der Waals surface area contributed by atoms with Crippen molar-refractivity contribution in [1.82, 2.24) is 10.5 Å². The van der Waals surface area contributed by atoms with Crippen molar-refractivity contribution in [2.24, 2.45) is 15.5 Å². The summed E-state index contributed by atoms with van der Waals surface area (Å²) in [7, 11) is -11.8. The lowest BCUT2D eigenvalue weighted by molar-refractivity contribution is -0.172. The van der Waals surface area contributed by atoms with Crippen molar-refractivity contribution in [2.75, 3.05) is 9.44 Å². The van der Waals surface area contributed by atoms with Gasteiger partial charge in [-0.3, -0.25) is 23.8 Å². The van der Waals surface area contributed by atoms with Crippen LogP contribution in [0.1, 0.15) is 44.7 Å². The Kier molecular flexibility index (Phi) is 21.4. The van der Waals surface area contributed by atoms with E-state index in [0.29, 0.717) is 49.3 Å². The van der Waals surface area contributed by atoms with Gasteiger partial charge in [0.15, 0.2) is 7.14 Å². The molecule has 456 valence electrons. The molecule has 1 aliphatic heterocycles. The lowest BCUT2D eigenvalue weighted by Gasteiger charge is -2.22. The number of azide groups is 1. The fourth-order valence-electron chi connectivity index (χ4n) is 9.15. The third-order valence-electron chi connectivity index (χ3n) is 13.7. The zero-order valence-corrected chi connectivity index (χ0v) is 52.2. The first kappa shape index (κ1) is 64.8. The van der Waals surface area contributed by atoms with Crippen LogP contribution in [0.25, 0.3) is 10.4 Å². The predicted octanol–water partition coefficient (Wildman–Crippen LogP) is 12.3. The summed E-state index contributed by atoms with van der Waals surface area (Å²) in [6.07, 6.45) is 0.128. The highest BCUT2D eigenvalue weighted by molar-refractivity contribution is 7.93. The molecule has 0 unspecified atom stereocenters. The van der Waals surface area contributed by atoms with E-state index in [0.717, 1.165) is 27.0 Å². The van der Waals surface area contributed by atoms with Gasteiger partial charge in [0.25, 0.3) is 37.8 Å². The number of hydrogen-bond donors (Lipinski definition) is 3. The second kappa shape index (κ2) is 30.0. The molecule has 19 nitrogen and oxygen atoms in total. The van der Waals surface area contributed by atoms with Gasteiger partial charge in [0.2, 0.25) is 0 Å². The number of hydroxylamine groups is 2. The molecular weight excluding hydrogens is 1230 g/mol. The quantitative estimate of drug-likeness (QED) is 0.0182. The maximum atomic E-state index is 14.8. The molecule has 91 heavy (non-hydrogen) atoms. The number of aryl methyl sites for hydroxylation is 2. The van der Waals surface area contributed by atoms with Gasteiger partial charge in [-0.15, -0.1) is 10.2 Å². The van der Waals surface area contributed by atoms with Crippen LogP contribution in [0.5, 0.6) is 0 Å². The molecule has 0 radical (unpaired) electrons. The number of benzene rings is 10. The number of anilines is 2. The van der Waals surface area contributed by atoms with Gasteiger partial charge in [-0.05, 0) is 116 Å². The van der Waals surface area contributed by atoms with Crippen LogP contribution >= 0.6 is 15.1 Å². The predicted molar refractivity (Wildman–Crippen MR) is 355 cm³/mol. The highest BCUT2D eigenvalue weighted by Crippen LogP contribution is 2.43. The van der Waals surface area contributed by atoms with Gasteiger partial charge in [0.1, 0.15) is 0 Å². The Morgan fingerprint density at radius 2 is 0.923 bits per heavy atom. The second-order valence-electron chi connectivity index (χ2n) is 20.0. The number of carbonyl (C=O) groups is 4. The third kappa shape index (κ3) is 16.6. The van der Waals surface area contributed by atoms with E-state index >= 15 is 0 Å². The monoisotopic (exact) mass is 1290 g/mol. The van der Waals surface area contributed by atoms with Crippen molar-refractivity contribution >= 4 is 113 Å². The molecular formula is C68H57N9O10P2S2. The van der Waals surface area contributed by atoms with Crippen LogP contribution in [-0.2, 0) is 39.0 Å².